The van der Waals surface area contributed by atoms with E-state index in [0.29, 0.717) is 24.5 Å². The highest BCUT2D eigenvalue weighted by atomic mass is 16.3. The number of carbonyl (C=O) groups excluding carboxylic acids is 2. The molecule has 0 unspecified atom stereocenters. The van der Waals surface area contributed by atoms with E-state index in [1.54, 1.807) is 0 Å². The number of ketones is 1. The number of rotatable bonds is 13. The molecule has 0 radical (unpaired) electrons. The van der Waals surface area contributed by atoms with E-state index in [1.807, 2.05) is 6.08 Å². The van der Waals surface area contributed by atoms with E-state index in [1.165, 1.54) is 27.7 Å². The maximum absolute atomic E-state index is 13.4. The largest absolute Gasteiger partial charge is 0.389 e. The number of hydrogen-bond donors (Lipinski definition) is 1. The van der Waals surface area contributed by atoms with Crippen molar-refractivity contribution >= 4 is 22.6 Å². The molecule has 0 saturated heterocycles. The van der Waals surface area contributed by atoms with Crippen LogP contribution in [-0.4, -0.2) is 38.9 Å². The molecule has 1 aliphatic heterocycles. The number of nitrogens with zero attached hydrogens (tertiary/aromatic N) is 2. The highest BCUT2D eigenvalue weighted by molar-refractivity contribution is 5.88. The predicted molar refractivity (Wildman–Crippen MR) is 162 cm³/mol. The van der Waals surface area contributed by atoms with Crippen molar-refractivity contribution < 1.29 is 14.7 Å². The van der Waals surface area contributed by atoms with E-state index in [9.17, 15) is 14.7 Å². The molecule has 1 fully saturated rings. The third-order valence-electron chi connectivity index (χ3n) is 9.84. The van der Waals surface area contributed by atoms with E-state index in [2.05, 4.69) is 47.6 Å². The van der Waals surface area contributed by atoms with Gasteiger partial charge in [0, 0.05) is 48.4 Å². The minimum absolute atomic E-state index is 0.116. The predicted octanol–water partition coefficient (Wildman–Crippen LogP) is 7.60. The van der Waals surface area contributed by atoms with Gasteiger partial charge in [0.15, 0.2) is 0 Å². The molecular formula is C35H50N2O3. The Kier molecular flexibility index (Phi) is 9.83. The topological polar surface area (TPSA) is 62.5 Å². The van der Waals surface area contributed by atoms with Gasteiger partial charge in [-0.1, -0.05) is 69.2 Å². The zero-order valence-corrected chi connectivity index (χ0v) is 24.9. The molecule has 3 aliphatic rings. The fraction of sp³-hybridized carbons (Fsp3) is 0.657. The summed E-state index contributed by atoms with van der Waals surface area (Å²) in [6, 6.07) is 7.05. The summed E-state index contributed by atoms with van der Waals surface area (Å²) in [5, 5.41) is 11.6. The first-order valence-corrected chi connectivity index (χ1v) is 16.3. The van der Waals surface area contributed by atoms with Crippen molar-refractivity contribution in [3.8, 4) is 0 Å². The SMILES string of the molecule is CCCCC[C@H](O)/C=C/[C@H]1CCC(=O)[C@@H]1CCCCCCC(=O)N1CCn2c3c(c4cc(C)ccc42)CCC[C@H]31. The molecule has 2 aromatic rings. The molecule has 0 spiro atoms. The summed E-state index contributed by atoms with van der Waals surface area (Å²) < 4.78 is 2.50. The fourth-order valence-electron chi connectivity index (χ4n) is 7.66. The average Bonchev–Trinajstić information content (AvgIpc) is 3.47. The molecule has 1 aromatic heterocycles. The summed E-state index contributed by atoms with van der Waals surface area (Å²) in [5.74, 6) is 1.12. The number of carbonyl (C=O) groups is 2. The smallest absolute Gasteiger partial charge is 0.223 e. The van der Waals surface area contributed by atoms with E-state index in [0.717, 1.165) is 96.6 Å². The highest BCUT2D eigenvalue weighted by Crippen LogP contribution is 2.43. The first-order valence-electron chi connectivity index (χ1n) is 16.3. The number of unbranched alkanes of at least 4 members (excludes halogenated alkanes) is 5. The van der Waals surface area contributed by atoms with Gasteiger partial charge in [0.1, 0.15) is 5.78 Å². The first kappa shape index (κ1) is 29.1. The summed E-state index contributed by atoms with van der Waals surface area (Å²) >= 11 is 0. The van der Waals surface area contributed by atoms with Crippen LogP contribution in [0, 0.1) is 18.8 Å². The van der Waals surface area contributed by atoms with Gasteiger partial charge in [-0.3, -0.25) is 9.59 Å². The number of amides is 1. The summed E-state index contributed by atoms with van der Waals surface area (Å²) in [6.07, 6.45) is 18.5. The highest BCUT2D eigenvalue weighted by Gasteiger charge is 2.37. The monoisotopic (exact) mass is 546 g/mol. The van der Waals surface area contributed by atoms with Crippen molar-refractivity contribution in [1.29, 1.82) is 0 Å². The molecule has 40 heavy (non-hydrogen) atoms. The number of allylic oxidation sites excluding steroid dienone is 1. The number of aromatic nitrogens is 1. The maximum Gasteiger partial charge on any atom is 0.223 e. The molecule has 0 bridgehead atoms. The second-order valence-corrected chi connectivity index (χ2v) is 12.7. The van der Waals surface area contributed by atoms with Crippen molar-refractivity contribution in [2.75, 3.05) is 6.54 Å². The van der Waals surface area contributed by atoms with E-state index in [4.69, 9.17) is 0 Å². The minimum atomic E-state index is -0.381. The number of fused-ring (bicyclic) bond motifs is 3. The van der Waals surface area contributed by atoms with Crippen LogP contribution in [0.5, 0.6) is 0 Å². The molecule has 5 heteroatoms. The van der Waals surface area contributed by atoms with Gasteiger partial charge in [-0.15, -0.1) is 0 Å². The quantitative estimate of drug-likeness (QED) is 0.208. The fourth-order valence-corrected chi connectivity index (χ4v) is 7.66. The van der Waals surface area contributed by atoms with Gasteiger partial charge in [-0.2, -0.15) is 0 Å². The van der Waals surface area contributed by atoms with Gasteiger partial charge < -0.3 is 14.6 Å². The lowest BCUT2D eigenvalue weighted by atomic mass is 9.89. The van der Waals surface area contributed by atoms with E-state index in [-0.39, 0.29) is 24.0 Å². The third kappa shape index (κ3) is 6.40. The van der Waals surface area contributed by atoms with Gasteiger partial charge in [-0.05, 0) is 75.5 Å². The molecule has 2 aliphatic carbocycles. The summed E-state index contributed by atoms with van der Waals surface area (Å²) in [6.45, 7) is 6.06. The van der Waals surface area contributed by atoms with Gasteiger partial charge >= 0.3 is 0 Å². The normalized spacial score (nSPS) is 23.3. The number of aliphatic hydroxyl groups excluding tert-OH is 1. The van der Waals surface area contributed by atoms with E-state index >= 15 is 0 Å². The van der Waals surface area contributed by atoms with Crippen LogP contribution in [0.1, 0.15) is 120 Å². The third-order valence-corrected chi connectivity index (χ3v) is 9.84. The number of aliphatic hydroxyl groups is 1. The molecule has 218 valence electrons. The Bertz CT molecular complexity index is 1210. The van der Waals surface area contributed by atoms with Crippen LogP contribution in [0.15, 0.2) is 30.4 Å². The van der Waals surface area contributed by atoms with Crippen LogP contribution in [0.25, 0.3) is 10.9 Å². The average molecular weight is 547 g/mol. The number of benzene rings is 1. The van der Waals surface area contributed by atoms with Crippen LogP contribution in [0.4, 0.5) is 0 Å². The van der Waals surface area contributed by atoms with Crippen molar-refractivity contribution in [3.05, 3.63) is 47.2 Å². The second kappa shape index (κ2) is 13.5. The van der Waals surface area contributed by atoms with Crippen molar-refractivity contribution in [3.63, 3.8) is 0 Å². The van der Waals surface area contributed by atoms with Crippen molar-refractivity contribution in [2.45, 2.75) is 129 Å². The molecule has 1 N–H and O–H groups in total. The molecule has 4 atom stereocenters. The lowest BCUT2D eigenvalue weighted by molar-refractivity contribution is -0.135. The van der Waals surface area contributed by atoms with Crippen LogP contribution in [-0.2, 0) is 22.6 Å². The molecule has 1 aromatic carbocycles. The van der Waals surface area contributed by atoms with Crippen LogP contribution in [0.3, 0.4) is 0 Å². The Morgan fingerprint density at radius 2 is 1.93 bits per heavy atom. The Morgan fingerprint density at radius 3 is 2.77 bits per heavy atom. The lowest BCUT2D eigenvalue weighted by Crippen LogP contribution is -2.43. The Balaban J connectivity index is 1.06. The molecule has 2 heterocycles. The van der Waals surface area contributed by atoms with E-state index < -0.39 is 0 Å². The zero-order valence-electron chi connectivity index (χ0n) is 24.9. The maximum atomic E-state index is 13.4. The molecular weight excluding hydrogens is 496 g/mol. The molecule has 5 rings (SSSR count). The Morgan fingerprint density at radius 1 is 1.07 bits per heavy atom. The number of aryl methyl sites for hydroxylation is 2. The van der Waals surface area contributed by atoms with Crippen LogP contribution < -0.4 is 0 Å². The second-order valence-electron chi connectivity index (χ2n) is 12.7. The first-order chi connectivity index (χ1) is 19.5. The minimum Gasteiger partial charge on any atom is -0.389 e. The van der Waals surface area contributed by atoms with Crippen LogP contribution >= 0.6 is 0 Å². The standard InChI is InChI=1S/C35H50N2O3/c1-3-4-7-11-27(38)19-17-26-18-21-33(39)28(26)12-8-5-6-9-15-34(40)36-22-23-37-31-20-16-25(2)24-30(31)29-13-10-14-32(36)35(29)37/h16-17,19-20,24,26-28,32,38H,3-15,18,21-23H2,1-2H3/b19-17+/t26-,27-,28+,32+/m0/s1. The Hall–Kier alpha value is -2.40. The van der Waals surface area contributed by atoms with Crippen molar-refractivity contribution in [2.24, 2.45) is 11.8 Å². The number of hydrogen-bond acceptors (Lipinski definition) is 3. The lowest BCUT2D eigenvalue weighted by Gasteiger charge is -2.40. The Labute approximate surface area is 241 Å². The zero-order chi connectivity index (χ0) is 28.1. The van der Waals surface area contributed by atoms with Crippen molar-refractivity contribution in [1.82, 2.24) is 9.47 Å². The molecule has 1 amide bonds. The van der Waals surface area contributed by atoms with Gasteiger partial charge in [0.05, 0.1) is 12.1 Å². The molecule has 1 saturated carbocycles. The number of Topliss-reactive ketones (excluding diaryl/α,β-unsaturated/α-hetero) is 1. The summed E-state index contributed by atoms with van der Waals surface area (Å²) in [4.78, 5) is 28.1. The summed E-state index contributed by atoms with van der Waals surface area (Å²) in [7, 11) is 0. The van der Waals surface area contributed by atoms with Gasteiger partial charge in [0.25, 0.3) is 0 Å². The van der Waals surface area contributed by atoms with Gasteiger partial charge in [-0.25, -0.2) is 0 Å². The summed E-state index contributed by atoms with van der Waals surface area (Å²) in [5.41, 5.74) is 5.54. The molecule has 5 nitrogen and oxygen atoms in total. The van der Waals surface area contributed by atoms with Gasteiger partial charge in [0.2, 0.25) is 5.91 Å². The van der Waals surface area contributed by atoms with Crippen LogP contribution in [0.2, 0.25) is 0 Å².